The van der Waals surface area contributed by atoms with Crippen molar-refractivity contribution in [1.29, 1.82) is 0 Å². The first-order valence-electron chi connectivity index (χ1n) is 4.83. The highest BCUT2D eigenvalue weighted by Gasteiger charge is 2.32. The first-order chi connectivity index (χ1) is 6.68. The molecule has 3 N–H and O–H groups in total. The van der Waals surface area contributed by atoms with E-state index in [2.05, 4.69) is 0 Å². The number of nitrogens with two attached hydrogens (primary N) is 1. The molecule has 14 heavy (non-hydrogen) atoms. The molecule has 0 amide bonds. The number of anilines is 1. The van der Waals surface area contributed by atoms with Crippen LogP contribution in [0.3, 0.4) is 0 Å². The van der Waals surface area contributed by atoms with Gasteiger partial charge in [-0.15, -0.1) is 0 Å². The molecule has 0 aliphatic carbocycles. The van der Waals surface area contributed by atoms with Crippen molar-refractivity contribution in [3.05, 3.63) is 29.8 Å². The monoisotopic (exact) mass is 193 g/mol. The van der Waals surface area contributed by atoms with Crippen LogP contribution in [0.25, 0.3) is 0 Å². The van der Waals surface area contributed by atoms with E-state index in [9.17, 15) is 5.11 Å². The minimum Gasteiger partial charge on any atom is -0.399 e. The number of rotatable bonds is 2. The SMILES string of the molecule is Nc1cccc(CC2(O)CCOC2)c1. The molecule has 0 bridgehead atoms. The molecule has 1 unspecified atom stereocenters. The lowest BCUT2D eigenvalue weighted by Gasteiger charge is -2.20. The molecular formula is C11H15NO2. The molecule has 0 radical (unpaired) electrons. The van der Waals surface area contributed by atoms with E-state index in [1.165, 1.54) is 0 Å². The van der Waals surface area contributed by atoms with Crippen molar-refractivity contribution in [1.82, 2.24) is 0 Å². The number of hydrogen-bond donors (Lipinski definition) is 2. The topological polar surface area (TPSA) is 55.5 Å². The highest BCUT2D eigenvalue weighted by atomic mass is 16.5. The quantitative estimate of drug-likeness (QED) is 0.688. The van der Waals surface area contributed by atoms with Gasteiger partial charge in [-0.2, -0.15) is 0 Å². The molecule has 1 saturated heterocycles. The fraction of sp³-hybridized carbons (Fsp3) is 0.455. The Kier molecular flexibility index (Phi) is 2.44. The zero-order valence-corrected chi connectivity index (χ0v) is 8.07. The van der Waals surface area contributed by atoms with E-state index in [1.54, 1.807) is 0 Å². The van der Waals surface area contributed by atoms with Crippen LogP contribution in [-0.4, -0.2) is 23.9 Å². The maximum atomic E-state index is 10.1. The fourth-order valence-electron chi connectivity index (χ4n) is 1.82. The molecule has 0 aromatic heterocycles. The second-order valence-electron chi connectivity index (χ2n) is 3.95. The lowest BCUT2D eigenvalue weighted by molar-refractivity contribution is 0.0271. The van der Waals surface area contributed by atoms with Gasteiger partial charge in [0, 0.05) is 25.1 Å². The highest BCUT2D eigenvalue weighted by molar-refractivity contribution is 5.41. The van der Waals surface area contributed by atoms with E-state index >= 15 is 0 Å². The third kappa shape index (κ3) is 2.05. The smallest absolute Gasteiger partial charge is 0.0942 e. The summed E-state index contributed by atoms with van der Waals surface area (Å²) >= 11 is 0. The molecule has 2 rings (SSSR count). The van der Waals surface area contributed by atoms with Crippen molar-refractivity contribution >= 4 is 5.69 Å². The lowest BCUT2D eigenvalue weighted by atomic mass is 9.94. The molecule has 3 nitrogen and oxygen atoms in total. The number of aliphatic hydroxyl groups is 1. The molecule has 1 aliphatic heterocycles. The van der Waals surface area contributed by atoms with Crippen LogP contribution in [0.1, 0.15) is 12.0 Å². The number of nitrogen functional groups attached to an aromatic ring is 1. The van der Waals surface area contributed by atoms with Gasteiger partial charge in [-0.3, -0.25) is 0 Å². The van der Waals surface area contributed by atoms with Crippen LogP contribution >= 0.6 is 0 Å². The minimum absolute atomic E-state index is 0.432. The van der Waals surface area contributed by atoms with Crippen molar-refractivity contribution in [2.24, 2.45) is 0 Å². The van der Waals surface area contributed by atoms with E-state index < -0.39 is 5.60 Å². The van der Waals surface area contributed by atoms with Gasteiger partial charge in [0.2, 0.25) is 0 Å². The van der Waals surface area contributed by atoms with Gasteiger partial charge in [0.05, 0.1) is 12.2 Å². The molecule has 1 aliphatic rings. The molecule has 0 saturated carbocycles. The Morgan fingerprint density at radius 2 is 2.36 bits per heavy atom. The summed E-state index contributed by atoms with van der Waals surface area (Å²) in [5.41, 5.74) is 6.78. The minimum atomic E-state index is -0.687. The molecule has 1 aromatic rings. The van der Waals surface area contributed by atoms with Crippen LogP contribution in [0.4, 0.5) is 5.69 Å². The van der Waals surface area contributed by atoms with Gasteiger partial charge in [0.1, 0.15) is 0 Å². The molecule has 0 spiro atoms. The van der Waals surface area contributed by atoms with Gasteiger partial charge in [-0.05, 0) is 17.7 Å². The third-order valence-electron chi connectivity index (χ3n) is 2.57. The van der Waals surface area contributed by atoms with Crippen LogP contribution < -0.4 is 5.73 Å². The summed E-state index contributed by atoms with van der Waals surface area (Å²) in [5, 5.41) is 10.1. The first-order valence-corrected chi connectivity index (χ1v) is 4.83. The normalized spacial score (nSPS) is 26.6. The van der Waals surface area contributed by atoms with Gasteiger partial charge >= 0.3 is 0 Å². The average Bonchev–Trinajstić information content (AvgIpc) is 2.51. The Labute approximate surface area is 83.5 Å². The van der Waals surface area contributed by atoms with Gasteiger partial charge in [-0.25, -0.2) is 0 Å². The summed E-state index contributed by atoms with van der Waals surface area (Å²) in [5.74, 6) is 0. The van der Waals surface area contributed by atoms with Crippen molar-refractivity contribution in [3.63, 3.8) is 0 Å². The molecule has 76 valence electrons. The second-order valence-corrected chi connectivity index (χ2v) is 3.95. The summed E-state index contributed by atoms with van der Waals surface area (Å²) in [6, 6.07) is 7.63. The Morgan fingerprint density at radius 1 is 1.50 bits per heavy atom. The predicted octanol–water partition coefficient (Wildman–Crippen LogP) is 0.963. The lowest BCUT2D eigenvalue weighted by Crippen LogP contribution is -2.31. The summed E-state index contributed by atoms with van der Waals surface area (Å²) in [4.78, 5) is 0. The predicted molar refractivity (Wildman–Crippen MR) is 54.9 cm³/mol. The van der Waals surface area contributed by atoms with Crippen LogP contribution in [0.2, 0.25) is 0 Å². The molecule has 1 atom stereocenters. The summed E-state index contributed by atoms with van der Waals surface area (Å²) in [6.07, 6.45) is 1.33. The zero-order valence-electron chi connectivity index (χ0n) is 8.07. The summed E-state index contributed by atoms with van der Waals surface area (Å²) < 4.78 is 5.18. The Morgan fingerprint density at radius 3 is 3.00 bits per heavy atom. The van der Waals surface area contributed by atoms with E-state index in [0.29, 0.717) is 26.1 Å². The van der Waals surface area contributed by atoms with Gasteiger partial charge < -0.3 is 15.6 Å². The Bertz CT molecular complexity index is 319. The number of benzene rings is 1. The van der Waals surface area contributed by atoms with Crippen molar-refractivity contribution in [2.75, 3.05) is 18.9 Å². The third-order valence-corrected chi connectivity index (χ3v) is 2.57. The molecule has 1 heterocycles. The van der Waals surface area contributed by atoms with Crippen LogP contribution in [0.15, 0.2) is 24.3 Å². The molecular weight excluding hydrogens is 178 g/mol. The van der Waals surface area contributed by atoms with Gasteiger partial charge in [-0.1, -0.05) is 12.1 Å². The van der Waals surface area contributed by atoms with E-state index in [1.807, 2.05) is 24.3 Å². The number of hydrogen-bond acceptors (Lipinski definition) is 3. The van der Waals surface area contributed by atoms with Gasteiger partial charge in [0.25, 0.3) is 0 Å². The fourth-order valence-corrected chi connectivity index (χ4v) is 1.82. The van der Waals surface area contributed by atoms with Crippen LogP contribution in [-0.2, 0) is 11.2 Å². The Balaban J connectivity index is 2.10. The largest absolute Gasteiger partial charge is 0.399 e. The maximum Gasteiger partial charge on any atom is 0.0942 e. The molecule has 3 heteroatoms. The highest BCUT2D eigenvalue weighted by Crippen LogP contribution is 2.23. The zero-order chi connectivity index (χ0) is 10.0. The summed E-state index contributed by atoms with van der Waals surface area (Å²) in [6.45, 7) is 1.08. The standard InChI is InChI=1S/C11H15NO2/c12-10-3-1-2-9(6-10)7-11(13)4-5-14-8-11/h1-3,6,13H,4-5,7-8,12H2. The summed E-state index contributed by atoms with van der Waals surface area (Å²) in [7, 11) is 0. The van der Waals surface area contributed by atoms with Crippen LogP contribution in [0.5, 0.6) is 0 Å². The maximum absolute atomic E-state index is 10.1. The first kappa shape index (κ1) is 9.49. The van der Waals surface area contributed by atoms with Crippen molar-refractivity contribution < 1.29 is 9.84 Å². The van der Waals surface area contributed by atoms with E-state index in [0.717, 1.165) is 11.3 Å². The van der Waals surface area contributed by atoms with Crippen LogP contribution in [0, 0.1) is 0 Å². The van der Waals surface area contributed by atoms with E-state index in [-0.39, 0.29) is 0 Å². The Hall–Kier alpha value is -1.06. The van der Waals surface area contributed by atoms with Crippen molar-refractivity contribution in [2.45, 2.75) is 18.4 Å². The molecule has 1 aromatic carbocycles. The average molecular weight is 193 g/mol. The van der Waals surface area contributed by atoms with Gasteiger partial charge in [0.15, 0.2) is 0 Å². The van der Waals surface area contributed by atoms with E-state index in [4.69, 9.17) is 10.5 Å². The second kappa shape index (κ2) is 3.59. The number of ether oxygens (including phenoxy) is 1. The molecule has 1 fully saturated rings. The van der Waals surface area contributed by atoms with Crippen molar-refractivity contribution in [3.8, 4) is 0 Å².